The van der Waals surface area contributed by atoms with Gasteiger partial charge in [0.15, 0.2) is 11.5 Å². The van der Waals surface area contributed by atoms with Crippen molar-refractivity contribution < 1.29 is 19.1 Å². The standard InChI is InChI=1S/C14H17NO5/c1-5-6-20-14-12(18-3)8-11(9-13(14)19-4)7-10(2)15(16)17/h5,7-9H,1,6H2,2-4H3. The lowest BCUT2D eigenvalue weighted by atomic mass is 10.1. The maximum atomic E-state index is 10.7. The van der Waals surface area contributed by atoms with Gasteiger partial charge in [0.25, 0.3) is 0 Å². The fourth-order valence-electron chi connectivity index (χ4n) is 1.56. The van der Waals surface area contributed by atoms with Crippen molar-refractivity contribution >= 4 is 6.08 Å². The molecular weight excluding hydrogens is 262 g/mol. The summed E-state index contributed by atoms with van der Waals surface area (Å²) in [7, 11) is 2.98. The van der Waals surface area contributed by atoms with E-state index in [0.29, 0.717) is 29.4 Å². The van der Waals surface area contributed by atoms with Crippen LogP contribution in [0.25, 0.3) is 6.08 Å². The molecule has 0 aliphatic heterocycles. The minimum atomic E-state index is -0.457. The molecule has 6 heteroatoms. The van der Waals surface area contributed by atoms with Crippen LogP contribution in [0.2, 0.25) is 0 Å². The molecule has 0 amide bonds. The molecule has 0 saturated carbocycles. The summed E-state index contributed by atoms with van der Waals surface area (Å²) in [6.07, 6.45) is 3.03. The minimum Gasteiger partial charge on any atom is -0.493 e. The van der Waals surface area contributed by atoms with E-state index in [1.165, 1.54) is 27.2 Å². The molecule has 0 aliphatic carbocycles. The molecule has 0 radical (unpaired) electrons. The molecule has 1 rings (SSSR count). The maximum absolute atomic E-state index is 10.7. The summed E-state index contributed by atoms with van der Waals surface area (Å²) in [5, 5.41) is 10.7. The van der Waals surface area contributed by atoms with Crippen molar-refractivity contribution in [2.45, 2.75) is 6.92 Å². The van der Waals surface area contributed by atoms with Crippen molar-refractivity contribution in [1.29, 1.82) is 0 Å². The van der Waals surface area contributed by atoms with Crippen molar-refractivity contribution in [2.24, 2.45) is 0 Å². The second kappa shape index (κ2) is 7.18. The number of hydrogen-bond acceptors (Lipinski definition) is 5. The minimum absolute atomic E-state index is 0.0221. The van der Waals surface area contributed by atoms with Gasteiger partial charge >= 0.3 is 0 Å². The maximum Gasteiger partial charge on any atom is 0.243 e. The molecule has 0 fully saturated rings. The molecule has 0 spiro atoms. The Labute approximate surface area is 117 Å². The summed E-state index contributed by atoms with van der Waals surface area (Å²) >= 11 is 0. The van der Waals surface area contributed by atoms with Gasteiger partial charge in [-0.15, -0.1) is 0 Å². The molecule has 0 saturated heterocycles. The highest BCUT2D eigenvalue weighted by Gasteiger charge is 2.14. The van der Waals surface area contributed by atoms with Gasteiger partial charge in [-0.3, -0.25) is 10.1 Å². The monoisotopic (exact) mass is 279 g/mol. The zero-order valence-electron chi connectivity index (χ0n) is 11.7. The smallest absolute Gasteiger partial charge is 0.243 e. The van der Waals surface area contributed by atoms with Crippen LogP contribution in [0, 0.1) is 10.1 Å². The summed E-state index contributed by atoms with van der Waals surface area (Å²) in [6.45, 7) is 5.29. The molecule has 0 atom stereocenters. The Hall–Kier alpha value is -2.50. The third-order valence-electron chi connectivity index (χ3n) is 2.49. The van der Waals surface area contributed by atoms with Crippen LogP contribution < -0.4 is 14.2 Å². The number of methoxy groups -OCH3 is 2. The lowest BCUT2D eigenvalue weighted by molar-refractivity contribution is -0.422. The summed E-state index contributed by atoms with van der Waals surface area (Å²) in [4.78, 5) is 10.2. The molecule has 0 unspecified atom stereocenters. The SMILES string of the molecule is C=CCOc1c(OC)cc(C=C(C)[N+](=O)[O-])cc1OC. The molecule has 20 heavy (non-hydrogen) atoms. The van der Waals surface area contributed by atoms with Crippen LogP contribution in [0.15, 0.2) is 30.5 Å². The average molecular weight is 279 g/mol. The van der Waals surface area contributed by atoms with E-state index in [1.807, 2.05) is 0 Å². The van der Waals surface area contributed by atoms with Gasteiger partial charge in [-0.2, -0.15) is 0 Å². The Balaban J connectivity index is 3.28. The highest BCUT2D eigenvalue weighted by molar-refractivity contribution is 5.62. The predicted octanol–water partition coefficient (Wildman–Crippen LogP) is 2.91. The molecule has 1 aromatic rings. The quantitative estimate of drug-likeness (QED) is 0.436. The summed E-state index contributed by atoms with van der Waals surface area (Å²) in [5.41, 5.74) is 0.618. The number of allylic oxidation sites excluding steroid dienone is 1. The number of nitro groups is 1. The fourth-order valence-corrected chi connectivity index (χ4v) is 1.56. The molecule has 0 bridgehead atoms. The van der Waals surface area contributed by atoms with Gasteiger partial charge in [-0.05, 0) is 17.7 Å². The molecule has 0 heterocycles. The van der Waals surface area contributed by atoms with Gasteiger partial charge in [0.1, 0.15) is 6.61 Å². The Bertz CT molecular complexity index is 511. The van der Waals surface area contributed by atoms with Crippen LogP contribution >= 0.6 is 0 Å². The highest BCUT2D eigenvalue weighted by Crippen LogP contribution is 2.39. The third kappa shape index (κ3) is 3.74. The normalized spacial score (nSPS) is 10.8. The molecule has 0 aliphatic rings. The van der Waals surface area contributed by atoms with Crippen LogP contribution in [-0.4, -0.2) is 25.7 Å². The van der Waals surface area contributed by atoms with E-state index < -0.39 is 4.92 Å². The average Bonchev–Trinajstić information content (AvgIpc) is 2.44. The van der Waals surface area contributed by atoms with E-state index in [1.54, 1.807) is 18.2 Å². The lowest BCUT2D eigenvalue weighted by Crippen LogP contribution is -2.00. The summed E-state index contributed by atoms with van der Waals surface area (Å²) < 4.78 is 15.9. The Morgan fingerprint density at radius 2 is 1.90 bits per heavy atom. The van der Waals surface area contributed by atoms with Crippen LogP contribution in [-0.2, 0) is 0 Å². The predicted molar refractivity (Wildman–Crippen MR) is 75.9 cm³/mol. The number of nitrogens with zero attached hydrogens (tertiary/aromatic N) is 1. The summed E-state index contributed by atoms with van der Waals surface area (Å²) in [5.74, 6) is 1.31. The van der Waals surface area contributed by atoms with Crippen LogP contribution in [0.1, 0.15) is 12.5 Å². The number of ether oxygens (including phenoxy) is 3. The molecule has 108 valence electrons. The van der Waals surface area contributed by atoms with E-state index in [9.17, 15) is 10.1 Å². The van der Waals surface area contributed by atoms with E-state index in [2.05, 4.69) is 6.58 Å². The van der Waals surface area contributed by atoms with Gasteiger partial charge in [0.05, 0.1) is 19.1 Å². The molecule has 0 N–H and O–H groups in total. The first kappa shape index (κ1) is 15.6. The number of benzene rings is 1. The largest absolute Gasteiger partial charge is 0.493 e. The lowest BCUT2D eigenvalue weighted by Gasteiger charge is -2.14. The van der Waals surface area contributed by atoms with Crippen molar-refractivity contribution in [3.8, 4) is 17.2 Å². The van der Waals surface area contributed by atoms with Crippen LogP contribution in [0.5, 0.6) is 17.2 Å². The Morgan fingerprint density at radius 3 is 2.30 bits per heavy atom. The zero-order valence-corrected chi connectivity index (χ0v) is 11.7. The van der Waals surface area contributed by atoms with Crippen molar-refractivity contribution in [3.05, 3.63) is 46.2 Å². The Kier molecular flexibility index (Phi) is 5.58. The number of rotatable bonds is 7. The highest BCUT2D eigenvalue weighted by atomic mass is 16.6. The molecule has 6 nitrogen and oxygen atoms in total. The summed E-state index contributed by atoms with van der Waals surface area (Å²) in [6, 6.07) is 3.29. The third-order valence-corrected chi connectivity index (χ3v) is 2.49. The van der Waals surface area contributed by atoms with Crippen molar-refractivity contribution in [2.75, 3.05) is 20.8 Å². The van der Waals surface area contributed by atoms with Crippen molar-refractivity contribution in [3.63, 3.8) is 0 Å². The van der Waals surface area contributed by atoms with Gasteiger partial charge in [-0.1, -0.05) is 12.7 Å². The molecule has 1 aromatic carbocycles. The van der Waals surface area contributed by atoms with E-state index >= 15 is 0 Å². The zero-order chi connectivity index (χ0) is 15.1. The molecule has 0 aromatic heterocycles. The second-order valence-electron chi connectivity index (χ2n) is 3.90. The van der Waals surface area contributed by atoms with E-state index in [0.717, 1.165) is 0 Å². The van der Waals surface area contributed by atoms with E-state index in [4.69, 9.17) is 14.2 Å². The van der Waals surface area contributed by atoms with Crippen molar-refractivity contribution in [1.82, 2.24) is 0 Å². The topological polar surface area (TPSA) is 70.8 Å². The first-order chi connectivity index (χ1) is 9.53. The molecular formula is C14H17NO5. The Morgan fingerprint density at radius 1 is 1.35 bits per heavy atom. The van der Waals surface area contributed by atoms with Gasteiger partial charge < -0.3 is 14.2 Å². The van der Waals surface area contributed by atoms with E-state index in [-0.39, 0.29) is 5.70 Å². The second-order valence-corrected chi connectivity index (χ2v) is 3.90. The van der Waals surface area contributed by atoms with Gasteiger partial charge in [0.2, 0.25) is 11.4 Å². The van der Waals surface area contributed by atoms with Gasteiger partial charge in [-0.25, -0.2) is 0 Å². The first-order valence-corrected chi connectivity index (χ1v) is 5.85. The van der Waals surface area contributed by atoms with Crippen LogP contribution in [0.4, 0.5) is 0 Å². The van der Waals surface area contributed by atoms with Crippen LogP contribution in [0.3, 0.4) is 0 Å². The fraction of sp³-hybridized carbons (Fsp3) is 0.286. The van der Waals surface area contributed by atoms with Gasteiger partial charge in [0, 0.05) is 13.0 Å². The number of hydrogen-bond donors (Lipinski definition) is 0. The first-order valence-electron chi connectivity index (χ1n) is 5.85.